The number of carbonyl (C=O) groups excluding carboxylic acids is 1. The lowest BCUT2D eigenvalue weighted by molar-refractivity contribution is 0.101. The molecule has 0 unspecified atom stereocenters. The Morgan fingerprint density at radius 1 is 1.25 bits per heavy atom. The molecule has 0 fully saturated rings. The Kier molecular flexibility index (Phi) is 4.48. The van der Waals surface area contributed by atoms with E-state index in [0.717, 1.165) is 16.8 Å². The number of carbonyl (C=O) groups is 1. The van der Waals surface area contributed by atoms with Gasteiger partial charge in [-0.05, 0) is 24.6 Å². The van der Waals surface area contributed by atoms with Gasteiger partial charge < -0.3 is 15.0 Å². The molecule has 3 aromatic rings. The minimum atomic E-state index is -0.210. The van der Waals surface area contributed by atoms with Gasteiger partial charge in [0.25, 0.3) is 5.91 Å². The molecule has 6 heteroatoms. The molecule has 0 radical (unpaired) electrons. The Labute approximate surface area is 140 Å². The third-order valence-corrected chi connectivity index (χ3v) is 3.93. The summed E-state index contributed by atoms with van der Waals surface area (Å²) in [7, 11) is 1.82. The number of nitrogens with one attached hydrogen (secondary N) is 1. The van der Waals surface area contributed by atoms with E-state index in [-0.39, 0.29) is 12.5 Å². The second-order valence-electron chi connectivity index (χ2n) is 5.63. The van der Waals surface area contributed by atoms with Crippen molar-refractivity contribution in [3.8, 4) is 11.3 Å². The van der Waals surface area contributed by atoms with E-state index in [2.05, 4.69) is 10.4 Å². The van der Waals surface area contributed by atoms with E-state index in [9.17, 15) is 9.90 Å². The van der Waals surface area contributed by atoms with Crippen LogP contribution < -0.4 is 5.32 Å². The monoisotopic (exact) mass is 324 g/mol. The fraction of sp³-hybridized carbons (Fsp3) is 0.222. The average Bonchev–Trinajstić information content (AvgIpc) is 3.15. The summed E-state index contributed by atoms with van der Waals surface area (Å²) in [5.74, 6) is 0.353. The number of benzene rings is 1. The van der Waals surface area contributed by atoms with E-state index in [1.54, 1.807) is 15.3 Å². The topological polar surface area (TPSA) is 72.1 Å². The number of aryl methyl sites for hydroxylation is 2. The van der Waals surface area contributed by atoms with Gasteiger partial charge in [-0.25, -0.2) is 4.68 Å². The molecule has 124 valence electrons. The van der Waals surface area contributed by atoms with E-state index >= 15 is 0 Å². The highest BCUT2D eigenvalue weighted by atomic mass is 16.3. The number of amides is 1. The lowest BCUT2D eigenvalue weighted by Gasteiger charge is -2.08. The van der Waals surface area contributed by atoms with Crippen LogP contribution in [0, 0.1) is 6.92 Å². The summed E-state index contributed by atoms with van der Waals surface area (Å²) in [4.78, 5) is 12.4. The quantitative estimate of drug-likeness (QED) is 0.757. The molecule has 0 saturated carbocycles. The molecular formula is C18H20N4O2. The van der Waals surface area contributed by atoms with Crippen LogP contribution >= 0.6 is 0 Å². The molecule has 0 bridgehead atoms. The first-order valence-electron chi connectivity index (χ1n) is 7.77. The van der Waals surface area contributed by atoms with Gasteiger partial charge >= 0.3 is 0 Å². The normalized spacial score (nSPS) is 10.8. The van der Waals surface area contributed by atoms with Crippen LogP contribution in [-0.2, 0) is 13.6 Å². The Balaban J connectivity index is 1.94. The third kappa shape index (κ3) is 3.09. The van der Waals surface area contributed by atoms with Crippen molar-refractivity contribution >= 4 is 11.7 Å². The predicted octanol–water partition coefficient (Wildman–Crippen LogP) is 2.44. The SMILES string of the molecule is Cc1ccccc1-c1cc(NC(=O)c2cccn2C)n(CCO)n1. The molecule has 0 aliphatic rings. The smallest absolute Gasteiger partial charge is 0.273 e. The molecule has 3 rings (SSSR count). The van der Waals surface area contributed by atoms with Crippen LogP contribution in [0.3, 0.4) is 0 Å². The molecule has 6 nitrogen and oxygen atoms in total. The number of hydrogen-bond acceptors (Lipinski definition) is 3. The standard InChI is InChI=1S/C18H20N4O2/c1-13-6-3-4-7-14(13)15-12-17(22(20-15)10-11-23)19-18(24)16-8-5-9-21(16)2/h3-9,12,23H,10-11H2,1-2H3,(H,19,24). The van der Waals surface area contributed by atoms with Gasteiger partial charge in [0.15, 0.2) is 0 Å². The summed E-state index contributed by atoms with van der Waals surface area (Å²) in [5, 5.41) is 16.7. The van der Waals surface area contributed by atoms with Crippen molar-refractivity contribution in [2.24, 2.45) is 7.05 Å². The summed E-state index contributed by atoms with van der Waals surface area (Å²) in [5.41, 5.74) is 3.43. The van der Waals surface area contributed by atoms with Crippen molar-refractivity contribution in [1.82, 2.24) is 14.3 Å². The van der Waals surface area contributed by atoms with Gasteiger partial charge in [-0.2, -0.15) is 5.10 Å². The molecule has 0 spiro atoms. The van der Waals surface area contributed by atoms with Crippen LogP contribution in [0.5, 0.6) is 0 Å². The maximum atomic E-state index is 12.4. The Bertz CT molecular complexity index is 864. The molecule has 1 aromatic carbocycles. The Hall–Kier alpha value is -2.86. The van der Waals surface area contributed by atoms with Crippen LogP contribution in [0.2, 0.25) is 0 Å². The second-order valence-corrected chi connectivity index (χ2v) is 5.63. The van der Waals surface area contributed by atoms with Gasteiger partial charge in [-0.3, -0.25) is 4.79 Å². The van der Waals surface area contributed by atoms with Gasteiger partial charge in [0.2, 0.25) is 0 Å². The molecule has 0 aliphatic heterocycles. The number of rotatable bonds is 5. The van der Waals surface area contributed by atoms with Gasteiger partial charge in [0.05, 0.1) is 18.8 Å². The first-order valence-corrected chi connectivity index (χ1v) is 7.77. The molecule has 0 saturated heterocycles. The number of hydrogen-bond donors (Lipinski definition) is 2. The Morgan fingerprint density at radius 2 is 2.04 bits per heavy atom. The van der Waals surface area contributed by atoms with Gasteiger partial charge in [-0.1, -0.05) is 24.3 Å². The van der Waals surface area contributed by atoms with Crippen LogP contribution in [-0.4, -0.2) is 32.0 Å². The van der Waals surface area contributed by atoms with Crippen molar-refractivity contribution in [2.75, 3.05) is 11.9 Å². The van der Waals surface area contributed by atoms with E-state index in [1.807, 2.05) is 56.6 Å². The fourth-order valence-corrected chi connectivity index (χ4v) is 2.65. The van der Waals surface area contributed by atoms with Gasteiger partial charge in [0, 0.05) is 24.9 Å². The maximum Gasteiger partial charge on any atom is 0.273 e. The zero-order valence-corrected chi connectivity index (χ0v) is 13.7. The zero-order valence-electron chi connectivity index (χ0n) is 13.7. The maximum absolute atomic E-state index is 12.4. The van der Waals surface area contributed by atoms with Crippen molar-refractivity contribution in [1.29, 1.82) is 0 Å². The first kappa shape index (κ1) is 16.0. The second kappa shape index (κ2) is 6.72. The minimum Gasteiger partial charge on any atom is -0.394 e. The van der Waals surface area contributed by atoms with Crippen LogP contribution in [0.4, 0.5) is 5.82 Å². The summed E-state index contributed by atoms with van der Waals surface area (Å²) in [6.07, 6.45) is 1.82. The molecule has 0 aliphatic carbocycles. The van der Waals surface area contributed by atoms with Gasteiger partial charge in [0.1, 0.15) is 11.5 Å². The van der Waals surface area contributed by atoms with Crippen molar-refractivity contribution < 1.29 is 9.90 Å². The molecule has 2 aromatic heterocycles. The number of aromatic nitrogens is 3. The largest absolute Gasteiger partial charge is 0.394 e. The third-order valence-electron chi connectivity index (χ3n) is 3.93. The lowest BCUT2D eigenvalue weighted by atomic mass is 10.1. The van der Waals surface area contributed by atoms with Crippen LogP contribution in [0.25, 0.3) is 11.3 Å². The van der Waals surface area contributed by atoms with Crippen molar-refractivity contribution in [2.45, 2.75) is 13.5 Å². The number of aliphatic hydroxyl groups excluding tert-OH is 1. The van der Waals surface area contributed by atoms with Crippen molar-refractivity contribution in [3.05, 3.63) is 59.9 Å². The Morgan fingerprint density at radius 3 is 2.71 bits per heavy atom. The number of anilines is 1. The summed E-state index contributed by atoms with van der Waals surface area (Å²) < 4.78 is 3.37. The number of aliphatic hydroxyl groups is 1. The first-order chi connectivity index (χ1) is 11.6. The van der Waals surface area contributed by atoms with E-state index in [1.165, 1.54) is 0 Å². The zero-order chi connectivity index (χ0) is 17.1. The van der Waals surface area contributed by atoms with Crippen LogP contribution in [0.1, 0.15) is 16.1 Å². The highest BCUT2D eigenvalue weighted by Crippen LogP contribution is 2.25. The molecule has 24 heavy (non-hydrogen) atoms. The van der Waals surface area contributed by atoms with Gasteiger partial charge in [-0.15, -0.1) is 0 Å². The summed E-state index contributed by atoms with van der Waals surface area (Å²) in [6.45, 7) is 2.28. The molecule has 2 heterocycles. The van der Waals surface area contributed by atoms with E-state index in [4.69, 9.17) is 0 Å². The molecular weight excluding hydrogens is 304 g/mol. The van der Waals surface area contributed by atoms with Crippen LogP contribution in [0.15, 0.2) is 48.7 Å². The fourth-order valence-electron chi connectivity index (χ4n) is 2.65. The number of nitrogens with zero attached hydrogens (tertiary/aromatic N) is 3. The summed E-state index contributed by atoms with van der Waals surface area (Å²) >= 11 is 0. The molecule has 2 N–H and O–H groups in total. The summed E-state index contributed by atoms with van der Waals surface area (Å²) in [6, 6.07) is 13.3. The highest BCUT2D eigenvalue weighted by molar-refractivity contribution is 6.03. The van der Waals surface area contributed by atoms with E-state index in [0.29, 0.717) is 18.1 Å². The minimum absolute atomic E-state index is 0.0537. The molecule has 0 atom stereocenters. The van der Waals surface area contributed by atoms with Crippen molar-refractivity contribution in [3.63, 3.8) is 0 Å². The lowest BCUT2D eigenvalue weighted by Crippen LogP contribution is -2.18. The predicted molar refractivity (Wildman–Crippen MR) is 92.9 cm³/mol. The average molecular weight is 324 g/mol. The van der Waals surface area contributed by atoms with E-state index < -0.39 is 0 Å². The molecule has 1 amide bonds. The highest BCUT2D eigenvalue weighted by Gasteiger charge is 2.15.